The van der Waals surface area contributed by atoms with Crippen LogP contribution in [-0.2, 0) is 19.5 Å². The Bertz CT molecular complexity index is 678. The van der Waals surface area contributed by atoms with Crippen LogP contribution >= 0.6 is 11.6 Å². The molecule has 0 unspecified atom stereocenters. The molecule has 9 heteroatoms. The Labute approximate surface area is 160 Å². The molecule has 1 N–H and O–H groups in total. The molecule has 1 amide bonds. The van der Waals surface area contributed by atoms with E-state index < -0.39 is 10.0 Å². The Hall–Kier alpha value is -1.19. The maximum Gasteiger partial charge on any atom is 0.251 e. The number of sulfonamides is 1. The van der Waals surface area contributed by atoms with Crippen molar-refractivity contribution in [2.24, 2.45) is 0 Å². The van der Waals surface area contributed by atoms with Gasteiger partial charge in [-0.3, -0.25) is 4.79 Å². The van der Waals surface area contributed by atoms with Crippen molar-refractivity contribution in [3.05, 3.63) is 28.8 Å². The van der Waals surface area contributed by atoms with E-state index >= 15 is 0 Å². The number of carbonyl (C=O) groups is 1. The van der Waals surface area contributed by atoms with Crippen molar-refractivity contribution in [1.29, 1.82) is 0 Å². The summed E-state index contributed by atoms with van der Waals surface area (Å²) in [5, 5.41) is 2.84. The molecular formula is C17H27ClN2O5S. The first kappa shape index (κ1) is 22.9. The highest BCUT2D eigenvalue weighted by molar-refractivity contribution is 7.89. The molecule has 26 heavy (non-hydrogen) atoms. The molecular weight excluding hydrogens is 380 g/mol. The molecule has 0 bridgehead atoms. The Balaban J connectivity index is 2.73. The first-order valence-electron chi connectivity index (χ1n) is 8.53. The van der Waals surface area contributed by atoms with Crippen molar-refractivity contribution >= 4 is 27.5 Å². The number of ether oxygens (including phenoxy) is 2. The number of nitrogens with one attached hydrogen (secondary N) is 1. The van der Waals surface area contributed by atoms with E-state index in [-0.39, 0.29) is 21.4 Å². The highest BCUT2D eigenvalue weighted by atomic mass is 35.5. The van der Waals surface area contributed by atoms with Gasteiger partial charge in [-0.1, -0.05) is 25.4 Å². The second-order valence-corrected chi connectivity index (χ2v) is 7.76. The lowest BCUT2D eigenvalue weighted by molar-refractivity contribution is 0.0688. The smallest absolute Gasteiger partial charge is 0.251 e. The zero-order valence-electron chi connectivity index (χ0n) is 15.5. The van der Waals surface area contributed by atoms with Crippen LogP contribution in [0.2, 0.25) is 5.02 Å². The number of carbonyl (C=O) groups excluding carboxylic acids is 1. The first-order valence-corrected chi connectivity index (χ1v) is 10.3. The second-order valence-electron chi connectivity index (χ2n) is 5.45. The van der Waals surface area contributed by atoms with E-state index in [1.807, 2.05) is 0 Å². The fraction of sp³-hybridized carbons (Fsp3) is 0.588. The fourth-order valence-corrected chi connectivity index (χ4v) is 4.23. The number of methoxy groups -OCH3 is 1. The molecule has 0 fully saturated rings. The molecule has 1 aromatic rings. The Morgan fingerprint density at radius 2 is 1.88 bits per heavy atom. The summed E-state index contributed by atoms with van der Waals surface area (Å²) in [7, 11) is -2.13. The van der Waals surface area contributed by atoms with E-state index in [1.54, 1.807) is 21.0 Å². The molecule has 0 aliphatic rings. The lowest BCUT2D eigenvalue weighted by Gasteiger charge is -2.19. The van der Waals surface area contributed by atoms with Gasteiger partial charge in [-0.15, -0.1) is 0 Å². The number of halogens is 1. The van der Waals surface area contributed by atoms with Crippen LogP contribution in [0.5, 0.6) is 0 Å². The van der Waals surface area contributed by atoms with Gasteiger partial charge in [-0.2, -0.15) is 4.31 Å². The molecule has 7 nitrogen and oxygen atoms in total. The lowest BCUT2D eigenvalue weighted by Crippen LogP contribution is -2.31. The van der Waals surface area contributed by atoms with Gasteiger partial charge in [0.05, 0.1) is 18.2 Å². The van der Waals surface area contributed by atoms with Gasteiger partial charge < -0.3 is 14.8 Å². The first-order chi connectivity index (χ1) is 12.4. The predicted molar refractivity (Wildman–Crippen MR) is 101 cm³/mol. The van der Waals surface area contributed by atoms with Crippen molar-refractivity contribution in [3.8, 4) is 0 Å². The molecule has 1 rings (SSSR count). The third-order valence-corrected chi connectivity index (χ3v) is 6.23. The summed E-state index contributed by atoms with van der Waals surface area (Å²) >= 11 is 6.07. The van der Waals surface area contributed by atoms with E-state index in [0.29, 0.717) is 45.9 Å². The standard InChI is InChI=1S/C17H27ClN2O5S/c1-4-20(5-2)26(22,23)16-13-14(7-8-15(16)18)17(21)19-9-6-10-25-12-11-24-3/h7-8,13H,4-6,9-12H2,1-3H3,(H,19,21). The third-order valence-electron chi connectivity index (χ3n) is 3.70. The van der Waals surface area contributed by atoms with E-state index in [2.05, 4.69) is 5.32 Å². The van der Waals surface area contributed by atoms with Crippen LogP contribution in [0.3, 0.4) is 0 Å². The molecule has 1 aromatic carbocycles. The van der Waals surface area contributed by atoms with Gasteiger partial charge in [0.1, 0.15) is 4.90 Å². The molecule has 148 valence electrons. The van der Waals surface area contributed by atoms with E-state index in [4.69, 9.17) is 21.1 Å². The average molecular weight is 407 g/mol. The molecule has 0 saturated carbocycles. The van der Waals surface area contributed by atoms with Crippen LogP contribution in [0.25, 0.3) is 0 Å². The Morgan fingerprint density at radius 1 is 1.19 bits per heavy atom. The summed E-state index contributed by atoms with van der Waals surface area (Å²) in [5.74, 6) is -0.352. The minimum absolute atomic E-state index is 0.0570. The third kappa shape index (κ3) is 6.51. The largest absolute Gasteiger partial charge is 0.382 e. The summed E-state index contributed by atoms with van der Waals surface area (Å²) in [4.78, 5) is 12.2. The van der Waals surface area contributed by atoms with Crippen LogP contribution in [0.15, 0.2) is 23.1 Å². The van der Waals surface area contributed by atoms with Gasteiger partial charge >= 0.3 is 0 Å². The molecule has 0 heterocycles. The maximum absolute atomic E-state index is 12.7. The number of amides is 1. The van der Waals surface area contributed by atoms with Crippen LogP contribution in [0.4, 0.5) is 0 Å². The van der Waals surface area contributed by atoms with Crippen molar-refractivity contribution < 1.29 is 22.7 Å². The number of nitrogens with zero attached hydrogens (tertiary/aromatic N) is 1. The Morgan fingerprint density at radius 3 is 2.50 bits per heavy atom. The minimum atomic E-state index is -3.74. The molecule has 0 saturated heterocycles. The number of hydrogen-bond donors (Lipinski definition) is 1. The summed E-state index contributed by atoms with van der Waals surface area (Å²) in [6.45, 7) is 6.12. The summed E-state index contributed by atoms with van der Waals surface area (Å²) in [6.07, 6.45) is 0.646. The van der Waals surface area contributed by atoms with Crippen molar-refractivity contribution in [2.75, 3.05) is 46.6 Å². The zero-order chi connectivity index (χ0) is 19.6. The van der Waals surface area contributed by atoms with Crippen LogP contribution in [-0.4, -0.2) is 65.2 Å². The normalized spacial score (nSPS) is 11.7. The summed E-state index contributed by atoms with van der Waals surface area (Å²) in [6, 6.07) is 4.26. The van der Waals surface area contributed by atoms with E-state index in [9.17, 15) is 13.2 Å². The average Bonchev–Trinajstić information content (AvgIpc) is 2.61. The predicted octanol–water partition coefficient (Wildman–Crippen LogP) is 2.15. The van der Waals surface area contributed by atoms with Crippen LogP contribution in [0.1, 0.15) is 30.6 Å². The van der Waals surface area contributed by atoms with Gasteiger partial charge in [-0.05, 0) is 24.6 Å². The molecule has 0 aliphatic carbocycles. The van der Waals surface area contributed by atoms with Gasteiger partial charge in [0.2, 0.25) is 10.0 Å². The molecule has 0 aliphatic heterocycles. The molecule has 0 atom stereocenters. The zero-order valence-corrected chi connectivity index (χ0v) is 17.0. The van der Waals surface area contributed by atoms with Gasteiger partial charge in [-0.25, -0.2) is 8.42 Å². The summed E-state index contributed by atoms with van der Waals surface area (Å²) < 4.78 is 36.8. The van der Waals surface area contributed by atoms with E-state index in [0.717, 1.165) is 0 Å². The topological polar surface area (TPSA) is 84.9 Å². The highest BCUT2D eigenvalue weighted by Crippen LogP contribution is 2.25. The molecule has 0 spiro atoms. The Kier molecular flexibility index (Phi) is 10.1. The van der Waals surface area contributed by atoms with Gasteiger partial charge in [0.25, 0.3) is 5.91 Å². The highest BCUT2D eigenvalue weighted by Gasteiger charge is 2.25. The molecule has 0 aromatic heterocycles. The van der Waals surface area contributed by atoms with E-state index in [1.165, 1.54) is 22.5 Å². The second kappa shape index (κ2) is 11.5. The van der Waals surface area contributed by atoms with Crippen LogP contribution < -0.4 is 5.32 Å². The monoisotopic (exact) mass is 406 g/mol. The van der Waals surface area contributed by atoms with Crippen molar-refractivity contribution in [3.63, 3.8) is 0 Å². The SMILES string of the molecule is CCN(CC)S(=O)(=O)c1cc(C(=O)NCCCOCCOC)ccc1Cl. The molecule has 0 radical (unpaired) electrons. The maximum atomic E-state index is 12.7. The summed E-state index contributed by atoms with van der Waals surface area (Å²) in [5.41, 5.74) is 0.250. The van der Waals surface area contributed by atoms with Crippen LogP contribution in [0, 0.1) is 0 Å². The number of rotatable bonds is 12. The fourth-order valence-electron chi connectivity index (χ4n) is 2.27. The van der Waals surface area contributed by atoms with Gasteiger partial charge in [0.15, 0.2) is 0 Å². The number of benzene rings is 1. The minimum Gasteiger partial charge on any atom is -0.382 e. The van der Waals surface area contributed by atoms with Crippen molar-refractivity contribution in [1.82, 2.24) is 9.62 Å². The quantitative estimate of drug-likeness (QED) is 0.537. The lowest BCUT2D eigenvalue weighted by atomic mass is 10.2. The number of hydrogen-bond acceptors (Lipinski definition) is 5. The van der Waals surface area contributed by atoms with Gasteiger partial charge in [0, 0.05) is 38.9 Å². The van der Waals surface area contributed by atoms with Crippen molar-refractivity contribution in [2.45, 2.75) is 25.2 Å².